The molecule has 0 aliphatic carbocycles. The van der Waals surface area contributed by atoms with E-state index >= 15 is 0 Å². The number of para-hydroxylation sites is 1. The van der Waals surface area contributed by atoms with Crippen molar-refractivity contribution in [3.63, 3.8) is 0 Å². The maximum Gasteiger partial charge on any atom is 0.0880 e. The van der Waals surface area contributed by atoms with Crippen LogP contribution in [0.3, 0.4) is 0 Å². The predicted octanol–water partition coefficient (Wildman–Crippen LogP) is 5.13. The van der Waals surface area contributed by atoms with Crippen molar-refractivity contribution in [3.8, 4) is 0 Å². The molecule has 0 aromatic heterocycles. The van der Waals surface area contributed by atoms with Crippen LogP contribution in [-0.4, -0.2) is 6.10 Å². The third-order valence-corrected chi connectivity index (χ3v) is 4.11. The SMILES string of the molecule is CCCC[C@H]1C[C@@H](c2ccccc2)N(c2ccccc2)O1. The Labute approximate surface area is 127 Å². The van der Waals surface area contributed by atoms with E-state index in [9.17, 15) is 0 Å². The summed E-state index contributed by atoms with van der Waals surface area (Å²) in [6.45, 7) is 2.23. The molecule has 1 aliphatic heterocycles. The average Bonchev–Trinajstić information content (AvgIpc) is 2.99. The molecule has 0 amide bonds. The molecule has 3 rings (SSSR count). The third kappa shape index (κ3) is 3.27. The minimum Gasteiger partial charge on any atom is -0.269 e. The van der Waals surface area contributed by atoms with Crippen molar-refractivity contribution in [3.05, 3.63) is 66.2 Å². The van der Waals surface area contributed by atoms with E-state index in [0.717, 1.165) is 18.5 Å². The molecule has 2 aromatic carbocycles. The van der Waals surface area contributed by atoms with Crippen LogP contribution in [0.2, 0.25) is 0 Å². The Morgan fingerprint density at radius 1 is 1.00 bits per heavy atom. The number of nitrogens with zero attached hydrogens (tertiary/aromatic N) is 1. The summed E-state index contributed by atoms with van der Waals surface area (Å²) in [6.07, 6.45) is 4.99. The van der Waals surface area contributed by atoms with Crippen LogP contribution in [0.1, 0.15) is 44.2 Å². The largest absolute Gasteiger partial charge is 0.269 e. The lowest BCUT2D eigenvalue weighted by atomic mass is 9.99. The van der Waals surface area contributed by atoms with Crippen LogP contribution in [0.5, 0.6) is 0 Å². The molecule has 21 heavy (non-hydrogen) atoms. The van der Waals surface area contributed by atoms with Gasteiger partial charge in [0.15, 0.2) is 0 Å². The van der Waals surface area contributed by atoms with Gasteiger partial charge in [-0.25, -0.2) is 5.06 Å². The van der Waals surface area contributed by atoms with Gasteiger partial charge < -0.3 is 0 Å². The second-order valence-corrected chi connectivity index (χ2v) is 5.69. The third-order valence-electron chi connectivity index (χ3n) is 4.11. The molecule has 2 aromatic rings. The zero-order valence-corrected chi connectivity index (χ0v) is 12.6. The summed E-state index contributed by atoms with van der Waals surface area (Å²) >= 11 is 0. The number of hydrogen-bond donors (Lipinski definition) is 0. The number of benzene rings is 2. The highest BCUT2D eigenvalue weighted by Gasteiger charge is 2.34. The first-order valence-corrected chi connectivity index (χ1v) is 7.94. The van der Waals surface area contributed by atoms with Crippen molar-refractivity contribution in [2.24, 2.45) is 0 Å². The van der Waals surface area contributed by atoms with E-state index in [1.165, 1.54) is 18.4 Å². The molecule has 1 saturated heterocycles. The van der Waals surface area contributed by atoms with Crippen molar-refractivity contribution in [1.29, 1.82) is 0 Å². The Kier molecular flexibility index (Phi) is 4.56. The molecule has 2 nitrogen and oxygen atoms in total. The van der Waals surface area contributed by atoms with E-state index in [-0.39, 0.29) is 0 Å². The number of rotatable bonds is 5. The van der Waals surface area contributed by atoms with Crippen molar-refractivity contribution in [1.82, 2.24) is 0 Å². The van der Waals surface area contributed by atoms with Gasteiger partial charge in [-0.15, -0.1) is 0 Å². The summed E-state index contributed by atoms with van der Waals surface area (Å²) in [7, 11) is 0. The number of anilines is 1. The van der Waals surface area contributed by atoms with Gasteiger partial charge in [-0.05, 0) is 24.1 Å². The van der Waals surface area contributed by atoms with Crippen LogP contribution in [0.25, 0.3) is 0 Å². The monoisotopic (exact) mass is 281 g/mol. The van der Waals surface area contributed by atoms with Crippen LogP contribution in [0.15, 0.2) is 60.7 Å². The quantitative estimate of drug-likeness (QED) is 0.753. The standard InChI is InChI=1S/C19H23NO/c1-2-3-14-18-15-19(16-10-6-4-7-11-16)20(21-18)17-12-8-5-9-13-17/h4-13,18-19H,2-3,14-15H2,1H3/t18-,19-/m0/s1. The predicted molar refractivity (Wildman–Crippen MR) is 87.1 cm³/mol. The molecule has 110 valence electrons. The van der Waals surface area contributed by atoms with Gasteiger partial charge in [0.05, 0.1) is 17.8 Å². The maximum absolute atomic E-state index is 6.25. The van der Waals surface area contributed by atoms with Crippen LogP contribution < -0.4 is 5.06 Å². The topological polar surface area (TPSA) is 12.5 Å². The highest BCUT2D eigenvalue weighted by molar-refractivity contribution is 5.47. The Morgan fingerprint density at radius 2 is 1.67 bits per heavy atom. The average molecular weight is 281 g/mol. The zero-order valence-electron chi connectivity index (χ0n) is 12.6. The first-order valence-electron chi connectivity index (χ1n) is 7.94. The molecule has 2 heteroatoms. The number of hydrogen-bond acceptors (Lipinski definition) is 2. The Hall–Kier alpha value is -1.80. The smallest absolute Gasteiger partial charge is 0.0880 e. The van der Waals surface area contributed by atoms with Gasteiger partial charge in [-0.1, -0.05) is 68.3 Å². The van der Waals surface area contributed by atoms with Gasteiger partial charge in [0.25, 0.3) is 0 Å². The van der Waals surface area contributed by atoms with E-state index < -0.39 is 0 Å². The van der Waals surface area contributed by atoms with Crippen molar-refractivity contribution < 1.29 is 4.84 Å². The lowest BCUT2D eigenvalue weighted by Gasteiger charge is -2.25. The van der Waals surface area contributed by atoms with Gasteiger partial charge in [0.1, 0.15) is 0 Å². The van der Waals surface area contributed by atoms with E-state index in [4.69, 9.17) is 4.84 Å². The molecule has 0 N–H and O–H groups in total. The van der Waals surface area contributed by atoms with Crippen molar-refractivity contribution >= 4 is 5.69 Å². The number of unbranched alkanes of at least 4 members (excludes halogenated alkanes) is 1. The summed E-state index contributed by atoms with van der Waals surface area (Å²) < 4.78 is 0. The van der Waals surface area contributed by atoms with E-state index in [1.54, 1.807) is 0 Å². The molecule has 2 atom stereocenters. The van der Waals surface area contributed by atoms with E-state index in [0.29, 0.717) is 12.1 Å². The van der Waals surface area contributed by atoms with Crippen LogP contribution in [0.4, 0.5) is 5.69 Å². The number of hydroxylamine groups is 1. The summed E-state index contributed by atoms with van der Waals surface area (Å²) in [4.78, 5) is 6.25. The van der Waals surface area contributed by atoms with Gasteiger partial charge in [0, 0.05) is 6.42 Å². The summed E-state index contributed by atoms with van der Waals surface area (Å²) in [5, 5.41) is 2.11. The highest BCUT2D eigenvalue weighted by Crippen LogP contribution is 2.39. The zero-order chi connectivity index (χ0) is 14.5. The fraction of sp³-hybridized carbons (Fsp3) is 0.368. The minimum atomic E-state index is 0.315. The molecular formula is C19H23NO. The molecular weight excluding hydrogens is 258 g/mol. The van der Waals surface area contributed by atoms with Crippen molar-refractivity contribution in [2.75, 3.05) is 5.06 Å². The van der Waals surface area contributed by atoms with Crippen LogP contribution in [-0.2, 0) is 4.84 Å². The first-order chi connectivity index (χ1) is 10.4. The second-order valence-electron chi connectivity index (χ2n) is 5.69. The first kappa shape index (κ1) is 14.2. The van der Waals surface area contributed by atoms with Gasteiger partial charge in [0.2, 0.25) is 0 Å². The molecule has 0 bridgehead atoms. The lowest BCUT2D eigenvalue weighted by Crippen LogP contribution is -2.21. The van der Waals surface area contributed by atoms with Crippen LogP contribution >= 0.6 is 0 Å². The fourth-order valence-corrected chi connectivity index (χ4v) is 2.99. The fourth-order valence-electron chi connectivity index (χ4n) is 2.99. The summed E-state index contributed by atoms with van der Waals surface area (Å²) in [6, 6.07) is 21.4. The Bertz CT molecular complexity index is 493. The normalized spacial score (nSPS) is 21.7. The van der Waals surface area contributed by atoms with Gasteiger partial charge >= 0.3 is 0 Å². The summed E-state index contributed by atoms with van der Waals surface area (Å²) in [5.41, 5.74) is 2.48. The molecule has 1 aliphatic rings. The van der Waals surface area contributed by atoms with Crippen molar-refractivity contribution in [2.45, 2.75) is 44.8 Å². The maximum atomic E-state index is 6.25. The Morgan fingerprint density at radius 3 is 2.33 bits per heavy atom. The molecule has 0 radical (unpaired) electrons. The summed E-state index contributed by atoms with van der Waals surface area (Å²) in [5.74, 6) is 0. The molecule has 0 unspecified atom stereocenters. The second kappa shape index (κ2) is 6.77. The van der Waals surface area contributed by atoms with Crippen LogP contribution in [0, 0.1) is 0 Å². The Balaban J connectivity index is 1.84. The van der Waals surface area contributed by atoms with E-state index in [2.05, 4.69) is 66.6 Å². The molecule has 1 heterocycles. The highest BCUT2D eigenvalue weighted by atomic mass is 16.7. The molecule has 1 fully saturated rings. The molecule has 0 spiro atoms. The van der Waals surface area contributed by atoms with Gasteiger partial charge in [-0.3, -0.25) is 4.84 Å². The van der Waals surface area contributed by atoms with Gasteiger partial charge in [-0.2, -0.15) is 0 Å². The van der Waals surface area contributed by atoms with E-state index in [1.807, 2.05) is 6.07 Å². The lowest BCUT2D eigenvalue weighted by molar-refractivity contribution is 0.0762. The minimum absolute atomic E-state index is 0.315. The molecule has 0 saturated carbocycles.